The Morgan fingerprint density at radius 2 is 1.83 bits per heavy atom. The number of ether oxygens (including phenoxy) is 5. The van der Waals surface area contributed by atoms with Crippen molar-refractivity contribution >= 4 is 5.78 Å². The molecule has 0 radical (unpaired) electrons. The number of aliphatic hydroxyl groups is 3. The van der Waals surface area contributed by atoms with Crippen LogP contribution in [0.5, 0.6) is 0 Å². The maximum absolute atomic E-state index is 14.4. The summed E-state index contributed by atoms with van der Waals surface area (Å²) in [5.41, 5.74) is -5.22. The van der Waals surface area contributed by atoms with Crippen molar-refractivity contribution in [1.29, 1.82) is 0 Å². The zero-order chi connectivity index (χ0) is 28.5. The average Bonchev–Trinajstić information content (AvgIpc) is 3.49. The van der Waals surface area contributed by atoms with Gasteiger partial charge in [-0.2, -0.15) is 0 Å². The van der Waals surface area contributed by atoms with Crippen LogP contribution < -0.4 is 5.63 Å². The summed E-state index contributed by atoms with van der Waals surface area (Å²) < 4.78 is 37.3. The first-order valence-electron chi connectivity index (χ1n) is 15.0. The number of aliphatic hydroxyl groups excluding tert-OH is 2. The number of carbonyl (C=O) groups is 1. The smallest absolute Gasteiger partial charge is 0.335 e. The fourth-order valence-electron chi connectivity index (χ4n) is 11.1. The molecule has 1 aromatic rings. The van der Waals surface area contributed by atoms with Gasteiger partial charge in [-0.1, -0.05) is 6.92 Å². The van der Waals surface area contributed by atoms with E-state index in [4.69, 9.17) is 28.1 Å². The third kappa shape index (κ3) is 2.68. The number of Topliss-reactive ketones (excluding diaryl/α,β-unsaturated/α-hetero) is 1. The largest absolute Gasteiger partial charge is 0.431 e. The highest BCUT2D eigenvalue weighted by Gasteiger charge is 2.91. The number of ketones is 1. The molecular weight excluding hydrogens is 536 g/mol. The summed E-state index contributed by atoms with van der Waals surface area (Å²) in [5, 5.41) is 36.6. The zero-order valence-electron chi connectivity index (χ0n) is 23.2. The molecule has 4 saturated heterocycles. The van der Waals surface area contributed by atoms with Crippen molar-refractivity contribution in [2.24, 2.45) is 22.7 Å². The van der Waals surface area contributed by atoms with Crippen LogP contribution in [0.4, 0.5) is 0 Å². The molecule has 1 aromatic heterocycles. The number of rotatable bonds is 1. The Bertz CT molecular complexity index is 1390. The molecule has 4 aliphatic heterocycles. The summed E-state index contributed by atoms with van der Waals surface area (Å²) in [6, 6.07) is 2.91. The van der Waals surface area contributed by atoms with E-state index < -0.39 is 87.7 Å². The Kier molecular flexibility index (Phi) is 4.71. The second kappa shape index (κ2) is 7.50. The predicted octanol–water partition coefficient (Wildman–Crippen LogP) is 0.757. The highest BCUT2D eigenvalue weighted by Crippen LogP contribution is 2.78. The van der Waals surface area contributed by atoms with Gasteiger partial charge in [-0.05, 0) is 56.1 Å². The molecule has 4 saturated carbocycles. The normalized spacial score (nSPS) is 61.3. The number of fused-ring (bicyclic) bond motifs is 3. The van der Waals surface area contributed by atoms with Crippen LogP contribution in [0.1, 0.15) is 64.4 Å². The second-order valence-corrected chi connectivity index (χ2v) is 14.4. The van der Waals surface area contributed by atoms with Crippen molar-refractivity contribution in [1.82, 2.24) is 0 Å². The van der Waals surface area contributed by atoms with Crippen molar-refractivity contribution in [3.63, 3.8) is 0 Å². The molecule has 3 N–H and O–H groups in total. The van der Waals surface area contributed by atoms with Gasteiger partial charge < -0.3 is 43.4 Å². The number of carbonyl (C=O) groups excluding carboxylic acids is 1. The van der Waals surface area contributed by atoms with Gasteiger partial charge in [0.2, 0.25) is 0 Å². The van der Waals surface area contributed by atoms with Crippen LogP contribution in [-0.4, -0.2) is 87.1 Å². The van der Waals surface area contributed by atoms with Crippen molar-refractivity contribution in [2.75, 3.05) is 0 Å². The van der Waals surface area contributed by atoms with Crippen LogP contribution >= 0.6 is 0 Å². The Hall–Kier alpha value is -1.70. The lowest BCUT2D eigenvalue weighted by atomic mass is 9.40. The monoisotopic (exact) mass is 572 g/mol. The molecule has 2 bridgehead atoms. The maximum Gasteiger partial charge on any atom is 0.335 e. The zero-order valence-corrected chi connectivity index (χ0v) is 23.2. The Morgan fingerprint density at radius 1 is 1.02 bits per heavy atom. The summed E-state index contributed by atoms with van der Waals surface area (Å²) in [6.45, 7) is 5.64. The fraction of sp³-hybridized carbons (Fsp3) is 0.800. The van der Waals surface area contributed by atoms with E-state index in [1.807, 2.05) is 13.8 Å². The van der Waals surface area contributed by atoms with E-state index in [9.17, 15) is 24.9 Å². The van der Waals surface area contributed by atoms with E-state index in [-0.39, 0.29) is 31.2 Å². The van der Waals surface area contributed by atoms with E-state index >= 15 is 0 Å². The molecule has 16 atom stereocenters. The lowest BCUT2D eigenvalue weighted by Crippen LogP contribution is -2.78. The number of hydrogen-bond acceptors (Lipinski definition) is 11. The molecule has 41 heavy (non-hydrogen) atoms. The lowest BCUT2D eigenvalue weighted by molar-refractivity contribution is -0.378. The highest BCUT2D eigenvalue weighted by atomic mass is 16.8. The van der Waals surface area contributed by atoms with Crippen LogP contribution in [0, 0.1) is 22.7 Å². The molecule has 0 unspecified atom stereocenters. The SMILES string of the molecule is C[C@H]1C[C@@H]2O[C@]34C[C@@]5(C)[C@H](C[C@H]3O[C@H](O1)[C@H]2O4)[C@H](O)[C@@H]1O[C@]12[C@@H]5[C@H](O)C(=O)[C@]1(C)[C@@H](c3ccc(=O)oc3)CC[C@]21O. The van der Waals surface area contributed by atoms with E-state index in [2.05, 4.69) is 0 Å². The Balaban J connectivity index is 1.15. The van der Waals surface area contributed by atoms with Gasteiger partial charge in [0.25, 0.3) is 0 Å². The quantitative estimate of drug-likeness (QED) is 0.322. The lowest BCUT2D eigenvalue weighted by Gasteiger charge is -2.65. The number of hydrogen-bond donors (Lipinski definition) is 3. The first kappa shape index (κ1) is 25.8. The molecule has 11 heteroatoms. The molecule has 0 aromatic carbocycles. The van der Waals surface area contributed by atoms with Crippen LogP contribution in [0.3, 0.4) is 0 Å². The summed E-state index contributed by atoms with van der Waals surface area (Å²) in [7, 11) is 0. The standard InChI is InChI=1S/C30H36O11/c1-12-8-16-21-25(37-12)38-17-9-15-19(32)24-30(41-24)22(26(15,2)11-28(17,39-16)40-21)20(33)23(34)27(3)14(6-7-29(27,30)35)13-4-5-18(31)36-10-13/h4-5,10,12,14-17,19-22,24-25,32-33,35H,6-9,11H2,1-3H3/t12-,14+,15+,16-,17+,19-,20-,21-,22+,24-,25-,26-,27-,28-,29+,30+/m0/s1. The predicted molar refractivity (Wildman–Crippen MR) is 135 cm³/mol. The van der Waals surface area contributed by atoms with Crippen LogP contribution in [0.2, 0.25) is 0 Å². The first-order valence-corrected chi connectivity index (χ1v) is 15.0. The molecule has 2 spiro atoms. The van der Waals surface area contributed by atoms with Crippen LogP contribution in [0.25, 0.3) is 0 Å². The van der Waals surface area contributed by atoms with Gasteiger partial charge in [0, 0.05) is 30.7 Å². The van der Waals surface area contributed by atoms with Gasteiger partial charge in [-0.25, -0.2) is 4.79 Å². The minimum atomic E-state index is -1.67. The molecule has 8 fully saturated rings. The molecule has 0 amide bonds. The molecule has 4 aliphatic carbocycles. The van der Waals surface area contributed by atoms with Crippen molar-refractivity contribution in [3.05, 3.63) is 34.4 Å². The van der Waals surface area contributed by atoms with Crippen LogP contribution in [-0.2, 0) is 28.5 Å². The van der Waals surface area contributed by atoms with Gasteiger partial charge >= 0.3 is 5.63 Å². The van der Waals surface area contributed by atoms with Gasteiger partial charge in [0.15, 0.2) is 17.9 Å². The Labute approximate surface area is 236 Å². The third-order valence-corrected chi connectivity index (χ3v) is 12.8. The van der Waals surface area contributed by atoms with E-state index in [1.165, 1.54) is 12.3 Å². The molecule has 9 rings (SSSR count). The molecule has 11 nitrogen and oxygen atoms in total. The van der Waals surface area contributed by atoms with E-state index in [0.29, 0.717) is 24.8 Å². The molecule has 8 aliphatic rings. The summed E-state index contributed by atoms with van der Waals surface area (Å²) in [5.74, 6) is -3.28. The van der Waals surface area contributed by atoms with Gasteiger partial charge in [0.1, 0.15) is 35.6 Å². The van der Waals surface area contributed by atoms with E-state index in [0.717, 1.165) is 0 Å². The van der Waals surface area contributed by atoms with Gasteiger partial charge in [-0.3, -0.25) is 4.79 Å². The highest BCUT2D eigenvalue weighted by molar-refractivity contribution is 5.94. The molecule has 5 heterocycles. The number of epoxide rings is 1. The first-order chi connectivity index (χ1) is 19.4. The fourth-order valence-corrected chi connectivity index (χ4v) is 11.1. The van der Waals surface area contributed by atoms with Crippen molar-refractivity contribution in [3.8, 4) is 0 Å². The molecular formula is C30H36O11. The minimum Gasteiger partial charge on any atom is -0.431 e. The summed E-state index contributed by atoms with van der Waals surface area (Å²) >= 11 is 0. The van der Waals surface area contributed by atoms with E-state index in [1.54, 1.807) is 13.0 Å². The average molecular weight is 573 g/mol. The minimum absolute atomic E-state index is 0.0504. The Morgan fingerprint density at radius 3 is 2.59 bits per heavy atom. The second-order valence-electron chi connectivity index (χ2n) is 14.4. The topological polar surface area (TPSA) is 157 Å². The summed E-state index contributed by atoms with van der Waals surface area (Å²) in [4.78, 5) is 26.1. The maximum atomic E-state index is 14.4. The third-order valence-electron chi connectivity index (χ3n) is 12.8. The van der Waals surface area contributed by atoms with Crippen LogP contribution in [0.15, 0.2) is 27.6 Å². The van der Waals surface area contributed by atoms with Gasteiger partial charge in [0.05, 0.1) is 30.0 Å². The summed E-state index contributed by atoms with van der Waals surface area (Å²) in [6.07, 6.45) is -1.53. The van der Waals surface area contributed by atoms with Crippen molar-refractivity contribution < 1.29 is 48.2 Å². The van der Waals surface area contributed by atoms with Crippen molar-refractivity contribution in [2.45, 2.75) is 125 Å². The van der Waals surface area contributed by atoms with Gasteiger partial charge in [-0.15, -0.1) is 0 Å². The molecule has 222 valence electrons.